The lowest BCUT2D eigenvalue weighted by atomic mass is 9.98. The highest BCUT2D eigenvalue weighted by Crippen LogP contribution is 2.32. The zero-order valence-corrected chi connectivity index (χ0v) is 17.3. The molecule has 2 aliphatic heterocycles. The Labute approximate surface area is 173 Å². The molecule has 2 heterocycles. The molecular weight excluding hydrogens is 360 g/mol. The highest BCUT2D eigenvalue weighted by Gasteiger charge is 2.29. The van der Waals surface area contributed by atoms with Crippen LogP contribution in [0.2, 0.25) is 0 Å². The first-order valence-corrected chi connectivity index (χ1v) is 10.8. The summed E-state index contributed by atoms with van der Waals surface area (Å²) in [4.78, 5) is 17.7. The van der Waals surface area contributed by atoms with Crippen LogP contribution in [0.15, 0.2) is 48.5 Å². The summed E-state index contributed by atoms with van der Waals surface area (Å²) in [5.74, 6) is 0.127. The van der Waals surface area contributed by atoms with Crippen LogP contribution in [0.3, 0.4) is 0 Å². The summed E-state index contributed by atoms with van der Waals surface area (Å²) in [5.41, 5.74) is 10.7. The molecule has 1 saturated heterocycles. The van der Waals surface area contributed by atoms with Gasteiger partial charge in [-0.15, -0.1) is 0 Å². The zero-order valence-electron chi connectivity index (χ0n) is 17.3. The van der Waals surface area contributed by atoms with E-state index in [1.807, 2.05) is 19.1 Å². The third kappa shape index (κ3) is 4.56. The summed E-state index contributed by atoms with van der Waals surface area (Å²) >= 11 is 0. The van der Waals surface area contributed by atoms with Crippen LogP contribution in [-0.2, 0) is 17.8 Å². The fraction of sp³-hybridized carbons (Fsp3) is 0.458. The first kappa shape index (κ1) is 19.8. The summed E-state index contributed by atoms with van der Waals surface area (Å²) < 4.78 is 0. The molecule has 0 spiro atoms. The Morgan fingerprint density at radius 1 is 1.10 bits per heavy atom. The van der Waals surface area contributed by atoms with E-state index in [0.29, 0.717) is 0 Å². The van der Waals surface area contributed by atoms with Crippen molar-refractivity contribution in [1.29, 1.82) is 0 Å². The molecule has 1 unspecified atom stereocenters. The van der Waals surface area contributed by atoms with Gasteiger partial charge in [-0.3, -0.25) is 9.69 Å². The fourth-order valence-electron chi connectivity index (χ4n) is 4.62. The number of amides is 1. The molecule has 1 fully saturated rings. The molecule has 29 heavy (non-hydrogen) atoms. The summed E-state index contributed by atoms with van der Waals surface area (Å²) in [7, 11) is 0. The SMILES string of the molecule is CC(C(=O)NC1CCN(Cc2ccccc2)CC1)N1CCCc2c(N)cccc21. The molecule has 1 amide bonds. The van der Waals surface area contributed by atoms with Crippen molar-refractivity contribution in [3.8, 4) is 0 Å². The van der Waals surface area contributed by atoms with Crippen LogP contribution < -0.4 is 16.0 Å². The van der Waals surface area contributed by atoms with E-state index in [1.165, 1.54) is 11.1 Å². The number of piperidine rings is 1. The zero-order chi connectivity index (χ0) is 20.2. The maximum atomic E-state index is 13.0. The van der Waals surface area contributed by atoms with E-state index in [4.69, 9.17) is 5.73 Å². The van der Waals surface area contributed by atoms with E-state index < -0.39 is 0 Å². The van der Waals surface area contributed by atoms with Gasteiger partial charge in [0.25, 0.3) is 0 Å². The number of nitrogen functional groups attached to an aromatic ring is 1. The summed E-state index contributed by atoms with van der Waals surface area (Å²) in [6.45, 7) is 5.96. The van der Waals surface area contributed by atoms with Crippen LogP contribution in [0, 0.1) is 0 Å². The van der Waals surface area contributed by atoms with Gasteiger partial charge in [0.15, 0.2) is 0 Å². The Morgan fingerprint density at radius 3 is 2.62 bits per heavy atom. The standard InChI is InChI=1S/C24H32N4O/c1-18(28-14-6-9-21-22(25)10-5-11-23(21)28)24(29)26-20-12-15-27(16-13-20)17-19-7-3-2-4-8-19/h2-5,7-8,10-11,18,20H,6,9,12-17,25H2,1H3,(H,26,29). The molecule has 0 radical (unpaired) electrons. The molecule has 0 saturated carbocycles. The number of benzene rings is 2. The fourth-order valence-corrected chi connectivity index (χ4v) is 4.62. The van der Waals surface area contributed by atoms with Gasteiger partial charge < -0.3 is 16.0 Å². The number of rotatable bonds is 5. The van der Waals surface area contributed by atoms with Crippen LogP contribution in [0.5, 0.6) is 0 Å². The normalized spacial score (nSPS) is 18.9. The number of likely N-dealkylation sites (tertiary alicyclic amines) is 1. The molecule has 5 nitrogen and oxygen atoms in total. The smallest absolute Gasteiger partial charge is 0.242 e. The monoisotopic (exact) mass is 392 g/mol. The van der Waals surface area contributed by atoms with Gasteiger partial charge in [-0.25, -0.2) is 0 Å². The number of nitrogens with zero attached hydrogens (tertiary/aromatic N) is 2. The molecule has 0 aliphatic carbocycles. The number of hydrogen-bond acceptors (Lipinski definition) is 4. The number of carbonyl (C=O) groups is 1. The van der Waals surface area contributed by atoms with Crippen LogP contribution in [0.1, 0.15) is 37.3 Å². The maximum Gasteiger partial charge on any atom is 0.242 e. The lowest BCUT2D eigenvalue weighted by Crippen LogP contribution is -2.52. The van der Waals surface area contributed by atoms with Gasteiger partial charge in [-0.2, -0.15) is 0 Å². The molecule has 2 aliphatic rings. The van der Waals surface area contributed by atoms with Crippen molar-refractivity contribution in [2.45, 2.75) is 51.2 Å². The molecular formula is C24H32N4O. The Balaban J connectivity index is 1.31. The van der Waals surface area contributed by atoms with Gasteiger partial charge in [0.05, 0.1) is 0 Å². The van der Waals surface area contributed by atoms with Gasteiger partial charge in [0, 0.05) is 43.6 Å². The topological polar surface area (TPSA) is 61.6 Å². The van der Waals surface area contributed by atoms with E-state index in [0.717, 1.165) is 63.2 Å². The highest BCUT2D eigenvalue weighted by atomic mass is 16.2. The molecule has 1 atom stereocenters. The van der Waals surface area contributed by atoms with Gasteiger partial charge in [0.2, 0.25) is 5.91 Å². The van der Waals surface area contributed by atoms with Gasteiger partial charge in [-0.05, 0) is 55.9 Å². The van der Waals surface area contributed by atoms with Crippen LogP contribution in [0.25, 0.3) is 0 Å². The van der Waals surface area contributed by atoms with Crippen LogP contribution in [-0.4, -0.2) is 42.5 Å². The van der Waals surface area contributed by atoms with Crippen LogP contribution in [0.4, 0.5) is 11.4 Å². The number of fused-ring (bicyclic) bond motifs is 1. The number of anilines is 2. The van der Waals surface area contributed by atoms with Crippen molar-refractivity contribution < 1.29 is 4.79 Å². The second kappa shape index (κ2) is 8.87. The number of nitrogens with two attached hydrogens (primary N) is 1. The molecule has 4 rings (SSSR count). The molecule has 0 aromatic heterocycles. The average Bonchev–Trinajstić information content (AvgIpc) is 2.75. The van der Waals surface area contributed by atoms with E-state index in [1.54, 1.807) is 0 Å². The Kier molecular flexibility index (Phi) is 6.05. The predicted octanol–water partition coefficient (Wildman–Crippen LogP) is 3.19. The first-order valence-electron chi connectivity index (χ1n) is 10.8. The second-order valence-electron chi connectivity index (χ2n) is 8.36. The Morgan fingerprint density at radius 2 is 1.86 bits per heavy atom. The molecule has 3 N–H and O–H groups in total. The Bertz CT molecular complexity index is 830. The van der Waals surface area contributed by atoms with Gasteiger partial charge in [-0.1, -0.05) is 36.4 Å². The molecule has 0 bridgehead atoms. The van der Waals surface area contributed by atoms with E-state index in [-0.39, 0.29) is 18.0 Å². The summed E-state index contributed by atoms with van der Waals surface area (Å²) in [6, 6.07) is 16.7. The van der Waals surface area contributed by atoms with Crippen molar-refractivity contribution in [1.82, 2.24) is 10.2 Å². The molecule has 2 aromatic rings. The summed E-state index contributed by atoms with van der Waals surface area (Å²) in [5, 5.41) is 3.31. The molecule has 2 aromatic carbocycles. The molecule has 154 valence electrons. The predicted molar refractivity (Wildman–Crippen MR) is 119 cm³/mol. The third-order valence-electron chi connectivity index (χ3n) is 6.35. The first-order chi connectivity index (χ1) is 14.1. The maximum absolute atomic E-state index is 13.0. The summed E-state index contributed by atoms with van der Waals surface area (Å²) in [6.07, 6.45) is 4.05. The van der Waals surface area contributed by atoms with E-state index >= 15 is 0 Å². The van der Waals surface area contributed by atoms with E-state index in [9.17, 15) is 4.79 Å². The van der Waals surface area contributed by atoms with Gasteiger partial charge in [0.1, 0.15) is 6.04 Å². The lowest BCUT2D eigenvalue weighted by molar-refractivity contribution is -0.123. The van der Waals surface area contributed by atoms with Crippen molar-refractivity contribution in [2.75, 3.05) is 30.3 Å². The van der Waals surface area contributed by atoms with Crippen molar-refractivity contribution in [2.24, 2.45) is 0 Å². The second-order valence-corrected chi connectivity index (χ2v) is 8.36. The highest BCUT2D eigenvalue weighted by molar-refractivity contribution is 5.86. The van der Waals surface area contributed by atoms with Crippen molar-refractivity contribution >= 4 is 17.3 Å². The largest absolute Gasteiger partial charge is 0.398 e. The van der Waals surface area contributed by atoms with Gasteiger partial charge >= 0.3 is 0 Å². The van der Waals surface area contributed by atoms with Crippen LogP contribution >= 0.6 is 0 Å². The minimum atomic E-state index is -0.182. The quantitative estimate of drug-likeness (QED) is 0.767. The lowest BCUT2D eigenvalue weighted by Gasteiger charge is -2.37. The third-order valence-corrected chi connectivity index (χ3v) is 6.35. The average molecular weight is 393 g/mol. The minimum Gasteiger partial charge on any atom is -0.398 e. The number of carbonyl (C=O) groups excluding carboxylic acids is 1. The number of nitrogens with one attached hydrogen (secondary N) is 1. The minimum absolute atomic E-state index is 0.127. The number of hydrogen-bond donors (Lipinski definition) is 2. The molecule has 5 heteroatoms. The van der Waals surface area contributed by atoms with Crippen molar-refractivity contribution in [3.63, 3.8) is 0 Å². The Hall–Kier alpha value is -2.53. The van der Waals surface area contributed by atoms with Crippen molar-refractivity contribution in [3.05, 3.63) is 59.7 Å². The van der Waals surface area contributed by atoms with E-state index in [2.05, 4.69) is 51.5 Å².